The van der Waals surface area contributed by atoms with Crippen LogP contribution < -0.4 is 20.3 Å². The molecule has 8 nitrogen and oxygen atoms in total. The fourth-order valence-electron chi connectivity index (χ4n) is 2.49. The van der Waals surface area contributed by atoms with Crippen LogP contribution in [0.5, 0.6) is 11.5 Å². The molecule has 2 aromatic carbocycles. The number of benzene rings is 2. The lowest BCUT2D eigenvalue weighted by molar-refractivity contribution is -0.135. The highest BCUT2D eigenvalue weighted by molar-refractivity contribution is 5.91. The van der Waals surface area contributed by atoms with Gasteiger partial charge in [0.25, 0.3) is 11.8 Å². The first-order chi connectivity index (χ1) is 13.6. The van der Waals surface area contributed by atoms with E-state index in [0.717, 1.165) is 12.0 Å². The van der Waals surface area contributed by atoms with Gasteiger partial charge in [-0.25, -0.2) is 4.79 Å². The quantitative estimate of drug-likeness (QED) is 0.597. The molecule has 28 heavy (non-hydrogen) atoms. The van der Waals surface area contributed by atoms with Crippen LogP contribution in [0.3, 0.4) is 0 Å². The molecule has 0 radical (unpaired) electrons. The van der Waals surface area contributed by atoms with Crippen LogP contribution in [-0.2, 0) is 20.7 Å². The number of esters is 1. The Morgan fingerprint density at radius 1 is 1.04 bits per heavy atom. The molecule has 1 aliphatic heterocycles. The van der Waals surface area contributed by atoms with Crippen molar-refractivity contribution >= 4 is 17.8 Å². The summed E-state index contributed by atoms with van der Waals surface area (Å²) in [6.07, 6.45) is -0.0477. The summed E-state index contributed by atoms with van der Waals surface area (Å²) in [5.41, 5.74) is 5.84. The molecule has 0 aromatic heterocycles. The van der Waals surface area contributed by atoms with Crippen molar-refractivity contribution in [1.82, 2.24) is 10.9 Å². The van der Waals surface area contributed by atoms with E-state index in [1.807, 2.05) is 19.1 Å². The standard InChI is InChI=1S/C20H20N2O6/c1-2-13-7-9-14(10-8-13)20(25)27-12-18(23)21-22-19(24)17-11-26-15-5-3-4-6-16(15)28-17/h3-10,17H,2,11-12H2,1H3,(H,21,23)(H,22,24)/t17-/m0/s1. The molecule has 8 heteroatoms. The lowest BCUT2D eigenvalue weighted by Crippen LogP contribution is -2.51. The SMILES string of the molecule is CCc1ccc(C(=O)OCC(=O)NNC(=O)[C@@H]2COc3ccccc3O2)cc1. The smallest absolute Gasteiger partial charge is 0.338 e. The van der Waals surface area contributed by atoms with Crippen LogP contribution in [0.25, 0.3) is 0 Å². The molecule has 2 N–H and O–H groups in total. The van der Waals surface area contributed by atoms with E-state index in [2.05, 4.69) is 10.9 Å². The van der Waals surface area contributed by atoms with Gasteiger partial charge in [-0.3, -0.25) is 20.4 Å². The Kier molecular flexibility index (Phi) is 6.11. The zero-order valence-electron chi connectivity index (χ0n) is 15.3. The number of nitrogens with one attached hydrogen (secondary N) is 2. The summed E-state index contributed by atoms with van der Waals surface area (Å²) in [4.78, 5) is 35.8. The first-order valence-electron chi connectivity index (χ1n) is 8.80. The van der Waals surface area contributed by atoms with Crippen molar-refractivity contribution in [2.75, 3.05) is 13.2 Å². The molecule has 0 fully saturated rings. The third-order valence-corrected chi connectivity index (χ3v) is 4.06. The van der Waals surface area contributed by atoms with E-state index in [1.165, 1.54) is 0 Å². The highest BCUT2D eigenvalue weighted by atomic mass is 16.6. The normalized spacial score (nSPS) is 14.7. The highest BCUT2D eigenvalue weighted by Crippen LogP contribution is 2.30. The van der Waals surface area contributed by atoms with E-state index in [-0.39, 0.29) is 6.61 Å². The van der Waals surface area contributed by atoms with Crippen molar-refractivity contribution in [2.45, 2.75) is 19.4 Å². The maximum Gasteiger partial charge on any atom is 0.338 e. The van der Waals surface area contributed by atoms with Crippen molar-refractivity contribution < 1.29 is 28.6 Å². The zero-order chi connectivity index (χ0) is 19.9. The second-order valence-electron chi connectivity index (χ2n) is 6.03. The van der Waals surface area contributed by atoms with Crippen LogP contribution >= 0.6 is 0 Å². The zero-order valence-corrected chi connectivity index (χ0v) is 15.3. The summed E-state index contributed by atoms with van der Waals surface area (Å²) < 4.78 is 15.9. The van der Waals surface area contributed by atoms with E-state index >= 15 is 0 Å². The van der Waals surface area contributed by atoms with Crippen molar-refractivity contribution in [2.24, 2.45) is 0 Å². The largest absolute Gasteiger partial charge is 0.485 e. The molecule has 146 valence electrons. The average Bonchev–Trinajstić information content (AvgIpc) is 2.75. The lowest BCUT2D eigenvalue weighted by atomic mass is 10.1. The fourth-order valence-corrected chi connectivity index (χ4v) is 2.49. The molecule has 0 saturated heterocycles. The van der Waals surface area contributed by atoms with Gasteiger partial charge in [0, 0.05) is 0 Å². The van der Waals surface area contributed by atoms with Crippen LogP contribution in [0.1, 0.15) is 22.8 Å². The Hall–Kier alpha value is -3.55. The molecule has 3 rings (SSSR count). The van der Waals surface area contributed by atoms with E-state index in [4.69, 9.17) is 14.2 Å². The maximum absolute atomic E-state index is 12.1. The van der Waals surface area contributed by atoms with Gasteiger partial charge in [0.15, 0.2) is 18.1 Å². The minimum Gasteiger partial charge on any atom is -0.485 e. The van der Waals surface area contributed by atoms with Gasteiger partial charge in [0.1, 0.15) is 6.61 Å². The molecule has 0 unspecified atom stereocenters. The third kappa shape index (κ3) is 4.79. The second kappa shape index (κ2) is 8.90. The van der Waals surface area contributed by atoms with Crippen molar-refractivity contribution in [3.63, 3.8) is 0 Å². The van der Waals surface area contributed by atoms with Crippen molar-refractivity contribution in [1.29, 1.82) is 0 Å². The number of aryl methyl sites for hydroxylation is 1. The predicted octanol–water partition coefficient (Wildman–Crippen LogP) is 1.39. The molecule has 2 aromatic rings. The number of para-hydroxylation sites is 2. The van der Waals surface area contributed by atoms with Gasteiger partial charge < -0.3 is 14.2 Å². The van der Waals surface area contributed by atoms with Crippen LogP contribution in [0.4, 0.5) is 0 Å². The van der Waals surface area contributed by atoms with E-state index in [0.29, 0.717) is 17.1 Å². The number of hydrogen-bond acceptors (Lipinski definition) is 6. The van der Waals surface area contributed by atoms with Gasteiger partial charge >= 0.3 is 5.97 Å². The second-order valence-corrected chi connectivity index (χ2v) is 6.03. The molecule has 0 spiro atoms. The number of amides is 2. The molecule has 1 aliphatic rings. The van der Waals surface area contributed by atoms with Gasteiger partial charge in [0.2, 0.25) is 6.10 Å². The number of rotatable bonds is 5. The monoisotopic (exact) mass is 384 g/mol. The first-order valence-corrected chi connectivity index (χ1v) is 8.80. The van der Waals surface area contributed by atoms with Gasteiger partial charge in [-0.15, -0.1) is 0 Å². The predicted molar refractivity (Wildman–Crippen MR) is 98.7 cm³/mol. The van der Waals surface area contributed by atoms with Gasteiger partial charge in [0.05, 0.1) is 5.56 Å². The Balaban J connectivity index is 1.41. The average molecular weight is 384 g/mol. The van der Waals surface area contributed by atoms with Crippen LogP contribution in [0.2, 0.25) is 0 Å². The summed E-state index contributed by atoms with van der Waals surface area (Å²) in [5, 5.41) is 0. The number of carbonyl (C=O) groups excluding carboxylic acids is 3. The summed E-state index contributed by atoms with van der Waals surface area (Å²) in [6, 6.07) is 13.9. The molecule has 1 heterocycles. The summed E-state index contributed by atoms with van der Waals surface area (Å²) in [5.74, 6) is -0.879. The highest BCUT2D eigenvalue weighted by Gasteiger charge is 2.27. The van der Waals surface area contributed by atoms with Gasteiger partial charge in [-0.05, 0) is 36.2 Å². The Morgan fingerprint density at radius 3 is 2.46 bits per heavy atom. The first kappa shape index (κ1) is 19.2. The molecular formula is C20H20N2O6. The van der Waals surface area contributed by atoms with Crippen molar-refractivity contribution in [3.05, 3.63) is 59.7 Å². The molecule has 0 saturated carbocycles. The van der Waals surface area contributed by atoms with E-state index in [1.54, 1.807) is 36.4 Å². The van der Waals surface area contributed by atoms with E-state index in [9.17, 15) is 14.4 Å². The Morgan fingerprint density at radius 2 is 1.75 bits per heavy atom. The summed E-state index contributed by atoms with van der Waals surface area (Å²) >= 11 is 0. The Bertz CT molecular complexity index is 865. The van der Waals surface area contributed by atoms with Gasteiger partial charge in [-0.2, -0.15) is 0 Å². The molecule has 0 bridgehead atoms. The van der Waals surface area contributed by atoms with Crippen LogP contribution in [0, 0.1) is 0 Å². The minimum absolute atomic E-state index is 0.0153. The summed E-state index contributed by atoms with van der Waals surface area (Å²) in [6.45, 7) is 1.50. The van der Waals surface area contributed by atoms with Crippen LogP contribution in [0.15, 0.2) is 48.5 Å². The number of ether oxygens (including phenoxy) is 3. The number of hydrogen-bond donors (Lipinski definition) is 2. The lowest BCUT2D eigenvalue weighted by Gasteiger charge is -2.25. The third-order valence-electron chi connectivity index (χ3n) is 4.06. The minimum atomic E-state index is -0.908. The fraction of sp³-hybridized carbons (Fsp3) is 0.250. The molecular weight excluding hydrogens is 364 g/mol. The topological polar surface area (TPSA) is 103 Å². The number of hydrazine groups is 1. The van der Waals surface area contributed by atoms with Gasteiger partial charge in [-0.1, -0.05) is 31.2 Å². The number of carbonyl (C=O) groups is 3. The van der Waals surface area contributed by atoms with E-state index < -0.39 is 30.5 Å². The van der Waals surface area contributed by atoms with Crippen molar-refractivity contribution in [3.8, 4) is 11.5 Å². The molecule has 1 atom stereocenters. The molecule has 0 aliphatic carbocycles. The van der Waals surface area contributed by atoms with Crippen LogP contribution in [-0.4, -0.2) is 37.1 Å². The maximum atomic E-state index is 12.1. The molecule has 2 amide bonds. The number of fused-ring (bicyclic) bond motifs is 1. The Labute approximate surface area is 161 Å². The summed E-state index contributed by atoms with van der Waals surface area (Å²) in [7, 11) is 0.